The molecule has 0 fully saturated rings. The maximum Gasteiger partial charge on any atom is 0.337 e. The van der Waals surface area contributed by atoms with E-state index < -0.39 is 5.97 Å². The molecule has 21 heavy (non-hydrogen) atoms. The molecule has 0 amide bonds. The van der Waals surface area contributed by atoms with Gasteiger partial charge in [-0.2, -0.15) is 0 Å². The summed E-state index contributed by atoms with van der Waals surface area (Å²) in [5.41, 5.74) is 2.12. The maximum atomic E-state index is 11.2. The third-order valence-electron chi connectivity index (χ3n) is 3.44. The van der Waals surface area contributed by atoms with Crippen molar-refractivity contribution in [3.8, 4) is 11.4 Å². The van der Waals surface area contributed by atoms with Crippen molar-refractivity contribution in [1.29, 1.82) is 0 Å². The molecule has 2 rings (SSSR count). The summed E-state index contributed by atoms with van der Waals surface area (Å²) in [6.45, 7) is 4.81. The SMILES string of the molecule is CCCCOc1ccc(-n2ccc(C(=O)O)c2CC)cc1. The number of unbranched alkanes of at least 4 members (excludes halogenated alkanes) is 1. The second kappa shape index (κ2) is 6.97. The Morgan fingerprint density at radius 3 is 2.48 bits per heavy atom. The molecule has 1 aromatic heterocycles. The summed E-state index contributed by atoms with van der Waals surface area (Å²) >= 11 is 0. The summed E-state index contributed by atoms with van der Waals surface area (Å²) in [5, 5.41) is 9.19. The molecule has 0 aliphatic carbocycles. The number of carboxylic acids is 1. The lowest BCUT2D eigenvalue weighted by molar-refractivity contribution is 0.0696. The lowest BCUT2D eigenvalue weighted by atomic mass is 10.2. The highest BCUT2D eigenvalue weighted by Gasteiger charge is 2.14. The fourth-order valence-electron chi connectivity index (χ4n) is 2.30. The smallest absolute Gasteiger partial charge is 0.337 e. The van der Waals surface area contributed by atoms with E-state index in [1.54, 1.807) is 12.3 Å². The van der Waals surface area contributed by atoms with Gasteiger partial charge in [0.1, 0.15) is 5.75 Å². The predicted molar refractivity (Wildman–Crippen MR) is 82.5 cm³/mol. The van der Waals surface area contributed by atoms with Crippen LogP contribution in [-0.4, -0.2) is 22.2 Å². The molecule has 0 aliphatic rings. The summed E-state index contributed by atoms with van der Waals surface area (Å²) in [6.07, 6.45) is 4.62. The van der Waals surface area contributed by atoms with Crippen LogP contribution in [0.3, 0.4) is 0 Å². The highest BCUT2D eigenvalue weighted by molar-refractivity contribution is 5.89. The number of rotatable bonds is 7. The second-order valence-corrected chi connectivity index (χ2v) is 4.90. The minimum atomic E-state index is -0.884. The van der Waals surface area contributed by atoms with Crippen LogP contribution in [0.1, 0.15) is 42.7 Å². The van der Waals surface area contributed by atoms with Gasteiger partial charge in [0.25, 0.3) is 0 Å². The first-order valence-corrected chi connectivity index (χ1v) is 7.34. The summed E-state index contributed by atoms with van der Waals surface area (Å²) in [6, 6.07) is 9.39. The zero-order chi connectivity index (χ0) is 15.2. The molecule has 0 bridgehead atoms. The molecule has 0 saturated carbocycles. The Morgan fingerprint density at radius 2 is 1.90 bits per heavy atom. The van der Waals surface area contributed by atoms with Gasteiger partial charge < -0.3 is 14.4 Å². The van der Waals surface area contributed by atoms with Crippen LogP contribution in [0.2, 0.25) is 0 Å². The van der Waals surface area contributed by atoms with Crippen molar-refractivity contribution >= 4 is 5.97 Å². The van der Waals surface area contributed by atoms with Crippen LogP contribution in [0.5, 0.6) is 5.75 Å². The Labute approximate surface area is 125 Å². The van der Waals surface area contributed by atoms with E-state index in [9.17, 15) is 9.90 Å². The normalized spacial score (nSPS) is 10.6. The second-order valence-electron chi connectivity index (χ2n) is 4.90. The third-order valence-corrected chi connectivity index (χ3v) is 3.44. The Hall–Kier alpha value is -2.23. The Balaban J connectivity index is 2.21. The van der Waals surface area contributed by atoms with E-state index >= 15 is 0 Å². The molecule has 0 atom stereocenters. The number of benzene rings is 1. The Morgan fingerprint density at radius 1 is 1.19 bits per heavy atom. The van der Waals surface area contributed by atoms with Crippen LogP contribution in [0.25, 0.3) is 5.69 Å². The van der Waals surface area contributed by atoms with E-state index in [1.807, 2.05) is 35.8 Å². The fraction of sp³-hybridized carbons (Fsp3) is 0.353. The minimum absolute atomic E-state index is 0.362. The Kier molecular flexibility index (Phi) is 5.04. The highest BCUT2D eigenvalue weighted by atomic mass is 16.5. The monoisotopic (exact) mass is 287 g/mol. The average Bonchev–Trinajstić information content (AvgIpc) is 2.92. The predicted octanol–water partition coefficient (Wildman–Crippen LogP) is 3.92. The van der Waals surface area contributed by atoms with Crippen molar-refractivity contribution in [2.75, 3.05) is 6.61 Å². The number of ether oxygens (including phenoxy) is 1. The average molecular weight is 287 g/mol. The largest absolute Gasteiger partial charge is 0.494 e. The molecule has 0 radical (unpaired) electrons. The minimum Gasteiger partial charge on any atom is -0.494 e. The topological polar surface area (TPSA) is 51.5 Å². The molecular formula is C17H21NO3. The van der Waals surface area contributed by atoms with E-state index in [0.29, 0.717) is 12.0 Å². The summed E-state index contributed by atoms with van der Waals surface area (Å²) in [5.74, 6) is -0.0408. The number of aromatic nitrogens is 1. The molecule has 0 aliphatic heterocycles. The molecular weight excluding hydrogens is 266 g/mol. The molecule has 4 heteroatoms. The van der Waals surface area contributed by atoms with Gasteiger partial charge in [-0.25, -0.2) is 4.79 Å². The van der Waals surface area contributed by atoms with Crippen LogP contribution in [0.15, 0.2) is 36.5 Å². The van der Waals surface area contributed by atoms with Crippen LogP contribution in [0.4, 0.5) is 0 Å². The van der Waals surface area contributed by atoms with Crippen LogP contribution >= 0.6 is 0 Å². The molecule has 2 aromatic rings. The molecule has 112 valence electrons. The molecule has 0 spiro atoms. The van der Waals surface area contributed by atoms with Gasteiger partial charge in [-0.1, -0.05) is 20.3 Å². The first-order valence-electron chi connectivity index (χ1n) is 7.34. The van der Waals surface area contributed by atoms with Crippen molar-refractivity contribution in [2.45, 2.75) is 33.1 Å². The number of carbonyl (C=O) groups is 1. The van der Waals surface area contributed by atoms with Crippen LogP contribution in [0, 0.1) is 0 Å². The van der Waals surface area contributed by atoms with Gasteiger partial charge in [0, 0.05) is 17.6 Å². The van der Waals surface area contributed by atoms with Gasteiger partial charge in [0.15, 0.2) is 0 Å². The summed E-state index contributed by atoms with van der Waals surface area (Å²) in [7, 11) is 0. The quantitative estimate of drug-likeness (QED) is 0.785. The lowest BCUT2D eigenvalue weighted by Gasteiger charge is -2.10. The molecule has 0 unspecified atom stereocenters. The van der Waals surface area contributed by atoms with Crippen LogP contribution in [-0.2, 0) is 6.42 Å². The number of carboxylic acid groups (broad SMARTS) is 1. The van der Waals surface area contributed by atoms with Crippen molar-refractivity contribution < 1.29 is 14.6 Å². The maximum absolute atomic E-state index is 11.2. The van der Waals surface area contributed by atoms with Gasteiger partial charge in [-0.05, 0) is 43.2 Å². The first kappa shape index (κ1) is 15.2. The standard InChI is InChI=1S/C17H21NO3/c1-3-5-12-21-14-8-6-13(7-9-14)18-11-10-15(17(19)20)16(18)4-2/h6-11H,3-5,12H2,1-2H3,(H,19,20). The molecule has 1 N–H and O–H groups in total. The Bertz CT molecular complexity index is 599. The number of nitrogens with zero attached hydrogens (tertiary/aromatic N) is 1. The number of hydrogen-bond acceptors (Lipinski definition) is 2. The van der Waals surface area contributed by atoms with E-state index in [-0.39, 0.29) is 0 Å². The summed E-state index contributed by atoms with van der Waals surface area (Å²) < 4.78 is 7.55. The van der Waals surface area contributed by atoms with E-state index in [0.717, 1.165) is 36.6 Å². The molecule has 1 aromatic carbocycles. The van der Waals surface area contributed by atoms with Crippen LogP contribution < -0.4 is 4.74 Å². The van der Waals surface area contributed by atoms with Gasteiger partial charge in [-0.3, -0.25) is 0 Å². The van der Waals surface area contributed by atoms with E-state index in [1.165, 1.54) is 0 Å². The zero-order valence-electron chi connectivity index (χ0n) is 12.5. The van der Waals surface area contributed by atoms with Gasteiger partial charge in [-0.15, -0.1) is 0 Å². The van der Waals surface area contributed by atoms with Gasteiger partial charge in [0.05, 0.1) is 12.2 Å². The number of aromatic carboxylic acids is 1. The summed E-state index contributed by atoms with van der Waals surface area (Å²) in [4.78, 5) is 11.2. The highest BCUT2D eigenvalue weighted by Crippen LogP contribution is 2.21. The van der Waals surface area contributed by atoms with Gasteiger partial charge >= 0.3 is 5.97 Å². The lowest BCUT2D eigenvalue weighted by Crippen LogP contribution is -2.04. The van der Waals surface area contributed by atoms with E-state index in [4.69, 9.17) is 4.74 Å². The molecule has 4 nitrogen and oxygen atoms in total. The number of hydrogen-bond donors (Lipinski definition) is 1. The first-order chi connectivity index (χ1) is 10.2. The van der Waals surface area contributed by atoms with E-state index in [2.05, 4.69) is 6.92 Å². The molecule has 1 heterocycles. The molecule has 0 saturated heterocycles. The van der Waals surface area contributed by atoms with Crippen molar-refractivity contribution in [1.82, 2.24) is 4.57 Å². The van der Waals surface area contributed by atoms with Crippen molar-refractivity contribution in [3.05, 3.63) is 47.8 Å². The third kappa shape index (κ3) is 3.45. The van der Waals surface area contributed by atoms with Crippen molar-refractivity contribution in [2.24, 2.45) is 0 Å². The zero-order valence-corrected chi connectivity index (χ0v) is 12.5. The van der Waals surface area contributed by atoms with Gasteiger partial charge in [0.2, 0.25) is 0 Å². The van der Waals surface area contributed by atoms with Crippen molar-refractivity contribution in [3.63, 3.8) is 0 Å². The fourth-order valence-corrected chi connectivity index (χ4v) is 2.30.